The molecule has 26 heavy (non-hydrogen) atoms. The second kappa shape index (κ2) is 8.92. The summed E-state index contributed by atoms with van der Waals surface area (Å²) in [5.74, 6) is 2.30. The Kier molecular flexibility index (Phi) is 6.36. The Bertz CT molecular complexity index is 867. The number of halogens is 1. The van der Waals surface area contributed by atoms with Gasteiger partial charge in [0, 0.05) is 17.3 Å². The van der Waals surface area contributed by atoms with Crippen LogP contribution in [0.1, 0.15) is 24.4 Å². The van der Waals surface area contributed by atoms with Crippen LogP contribution >= 0.6 is 23.4 Å². The quantitative estimate of drug-likeness (QED) is 0.376. The zero-order valence-corrected chi connectivity index (χ0v) is 16.1. The predicted octanol–water partition coefficient (Wildman–Crippen LogP) is 5.55. The molecule has 2 aromatic carbocycles. The van der Waals surface area contributed by atoms with Crippen LogP contribution in [0.25, 0.3) is 0 Å². The average molecular weight is 386 g/mol. The molecule has 0 saturated heterocycles. The Hall–Kier alpha value is -2.24. The van der Waals surface area contributed by atoms with Gasteiger partial charge in [-0.05, 0) is 30.7 Å². The molecule has 0 aliphatic rings. The SMILES string of the molecule is C=CCn1c(SCc2ccccc2Cl)nnc1C(C)Oc1ccccc1. The number of hydrogen-bond acceptors (Lipinski definition) is 4. The summed E-state index contributed by atoms with van der Waals surface area (Å²) < 4.78 is 8.02. The van der Waals surface area contributed by atoms with Gasteiger partial charge in [-0.2, -0.15) is 0 Å². The molecule has 134 valence electrons. The van der Waals surface area contributed by atoms with E-state index in [1.165, 1.54) is 0 Å². The monoisotopic (exact) mass is 385 g/mol. The first kappa shape index (κ1) is 18.5. The van der Waals surface area contributed by atoms with Crippen molar-refractivity contribution in [1.82, 2.24) is 14.8 Å². The third-order valence-corrected chi connectivity index (χ3v) is 5.18. The van der Waals surface area contributed by atoms with E-state index in [4.69, 9.17) is 16.3 Å². The lowest BCUT2D eigenvalue weighted by Crippen LogP contribution is -2.12. The van der Waals surface area contributed by atoms with E-state index in [0.29, 0.717) is 6.54 Å². The highest BCUT2D eigenvalue weighted by molar-refractivity contribution is 7.98. The van der Waals surface area contributed by atoms with E-state index in [0.717, 1.165) is 33.1 Å². The third kappa shape index (κ3) is 4.48. The maximum absolute atomic E-state index is 6.25. The van der Waals surface area contributed by atoms with Gasteiger partial charge < -0.3 is 4.74 Å². The molecule has 1 unspecified atom stereocenters. The van der Waals surface area contributed by atoms with E-state index in [-0.39, 0.29) is 6.10 Å². The van der Waals surface area contributed by atoms with E-state index in [9.17, 15) is 0 Å². The Balaban J connectivity index is 1.77. The molecule has 3 rings (SSSR count). The minimum absolute atomic E-state index is 0.223. The van der Waals surface area contributed by atoms with E-state index >= 15 is 0 Å². The maximum atomic E-state index is 6.25. The van der Waals surface area contributed by atoms with Gasteiger partial charge in [0.2, 0.25) is 0 Å². The molecule has 0 fully saturated rings. The summed E-state index contributed by atoms with van der Waals surface area (Å²) in [6.45, 7) is 6.44. The lowest BCUT2D eigenvalue weighted by molar-refractivity contribution is 0.210. The van der Waals surface area contributed by atoms with Crippen LogP contribution in [0.4, 0.5) is 0 Å². The summed E-state index contributed by atoms with van der Waals surface area (Å²) in [6.07, 6.45) is 1.61. The molecule has 0 amide bonds. The molecule has 0 bridgehead atoms. The van der Waals surface area contributed by atoms with E-state index in [1.54, 1.807) is 11.8 Å². The van der Waals surface area contributed by atoms with Crippen LogP contribution < -0.4 is 4.74 Å². The maximum Gasteiger partial charge on any atom is 0.191 e. The first-order chi connectivity index (χ1) is 12.7. The van der Waals surface area contributed by atoms with Crippen molar-refractivity contribution in [2.45, 2.75) is 30.5 Å². The second-order valence-electron chi connectivity index (χ2n) is 5.69. The second-order valence-corrected chi connectivity index (χ2v) is 7.04. The number of aromatic nitrogens is 3. The molecule has 1 heterocycles. The summed E-state index contributed by atoms with van der Waals surface area (Å²) in [5.41, 5.74) is 1.07. The van der Waals surface area contributed by atoms with Gasteiger partial charge in [-0.15, -0.1) is 16.8 Å². The molecule has 0 spiro atoms. The van der Waals surface area contributed by atoms with Crippen LogP contribution in [0.3, 0.4) is 0 Å². The molecule has 6 heteroatoms. The van der Waals surface area contributed by atoms with Crippen molar-refractivity contribution in [2.24, 2.45) is 0 Å². The van der Waals surface area contributed by atoms with Crippen molar-refractivity contribution >= 4 is 23.4 Å². The van der Waals surface area contributed by atoms with Crippen molar-refractivity contribution in [1.29, 1.82) is 0 Å². The number of benzene rings is 2. The van der Waals surface area contributed by atoms with Crippen LogP contribution in [0, 0.1) is 0 Å². The summed E-state index contributed by atoms with van der Waals surface area (Å²) >= 11 is 7.85. The first-order valence-electron chi connectivity index (χ1n) is 8.31. The Morgan fingerprint density at radius 2 is 1.88 bits per heavy atom. The number of thioether (sulfide) groups is 1. The van der Waals surface area contributed by atoms with Crippen LogP contribution in [-0.4, -0.2) is 14.8 Å². The Morgan fingerprint density at radius 1 is 1.15 bits per heavy atom. The molecule has 3 aromatic rings. The molecule has 0 saturated carbocycles. The van der Waals surface area contributed by atoms with Gasteiger partial charge in [0.1, 0.15) is 5.75 Å². The van der Waals surface area contributed by atoms with Crippen LogP contribution in [0.5, 0.6) is 5.75 Å². The fraction of sp³-hybridized carbons (Fsp3) is 0.200. The summed E-state index contributed by atoms with van der Waals surface area (Å²) in [4.78, 5) is 0. The molecule has 0 radical (unpaired) electrons. The Labute approximate surface area is 162 Å². The van der Waals surface area contributed by atoms with E-state index in [2.05, 4.69) is 16.8 Å². The molecular formula is C20H20ClN3OS. The van der Waals surface area contributed by atoms with Gasteiger partial charge in [-0.25, -0.2) is 0 Å². The molecule has 4 nitrogen and oxygen atoms in total. The zero-order chi connectivity index (χ0) is 18.4. The molecule has 0 N–H and O–H groups in total. The normalized spacial score (nSPS) is 11.9. The van der Waals surface area contributed by atoms with Gasteiger partial charge in [-0.1, -0.05) is 65.8 Å². The van der Waals surface area contributed by atoms with Crippen molar-refractivity contribution in [3.8, 4) is 5.75 Å². The van der Waals surface area contributed by atoms with Gasteiger partial charge in [0.15, 0.2) is 17.1 Å². The smallest absolute Gasteiger partial charge is 0.191 e. The van der Waals surface area contributed by atoms with Crippen molar-refractivity contribution in [3.05, 3.63) is 83.7 Å². The number of nitrogens with zero attached hydrogens (tertiary/aromatic N) is 3. The van der Waals surface area contributed by atoms with E-state index in [1.807, 2.05) is 72.2 Å². The average Bonchev–Trinajstić information content (AvgIpc) is 3.05. The molecular weight excluding hydrogens is 366 g/mol. The van der Waals surface area contributed by atoms with Gasteiger partial charge >= 0.3 is 0 Å². The number of ether oxygens (including phenoxy) is 1. The van der Waals surface area contributed by atoms with Crippen LogP contribution in [0.2, 0.25) is 5.02 Å². The highest BCUT2D eigenvalue weighted by Crippen LogP contribution is 2.28. The molecule has 0 aliphatic heterocycles. The lowest BCUT2D eigenvalue weighted by Gasteiger charge is -2.15. The highest BCUT2D eigenvalue weighted by atomic mass is 35.5. The summed E-state index contributed by atoms with van der Waals surface area (Å²) in [7, 11) is 0. The molecule has 0 aliphatic carbocycles. The number of hydrogen-bond donors (Lipinski definition) is 0. The van der Waals surface area contributed by atoms with Crippen LogP contribution in [-0.2, 0) is 12.3 Å². The minimum atomic E-state index is -0.223. The third-order valence-electron chi connectivity index (χ3n) is 3.79. The van der Waals surface area contributed by atoms with Crippen molar-refractivity contribution in [2.75, 3.05) is 0 Å². The molecule has 1 atom stereocenters. The minimum Gasteiger partial charge on any atom is -0.483 e. The number of allylic oxidation sites excluding steroid dienone is 1. The number of rotatable bonds is 8. The van der Waals surface area contributed by atoms with Gasteiger partial charge in [0.05, 0.1) is 0 Å². The topological polar surface area (TPSA) is 39.9 Å². The predicted molar refractivity (Wildman–Crippen MR) is 107 cm³/mol. The highest BCUT2D eigenvalue weighted by Gasteiger charge is 2.19. The van der Waals surface area contributed by atoms with Gasteiger partial charge in [0.25, 0.3) is 0 Å². The standard InChI is InChI=1S/C20H20ClN3OS/c1-3-13-24-19(15(2)25-17-10-5-4-6-11-17)22-23-20(24)26-14-16-9-7-8-12-18(16)21/h3-12,15H,1,13-14H2,2H3. The fourth-order valence-electron chi connectivity index (χ4n) is 2.52. The zero-order valence-electron chi connectivity index (χ0n) is 14.5. The van der Waals surface area contributed by atoms with Crippen molar-refractivity contribution in [3.63, 3.8) is 0 Å². The van der Waals surface area contributed by atoms with Crippen LogP contribution in [0.15, 0.2) is 72.4 Å². The largest absolute Gasteiger partial charge is 0.483 e. The Morgan fingerprint density at radius 3 is 2.62 bits per heavy atom. The van der Waals surface area contributed by atoms with Crippen molar-refractivity contribution < 1.29 is 4.74 Å². The van der Waals surface area contributed by atoms with E-state index < -0.39 is 0 Å². The van der Waals surface area contributed by atoms with Gasteiger partial charge in [-0.3, -0.25) is 4.57 Å². The lowest BCUT2D eigenvalue weighted by atomic mass is 10.2. The number of para-hydroxylation sites is 1. The summed E-state index contributed by atoms with van der Waals surface area (Å²) in [6, 6.07) is 17.5. The molecule has 1 aromatic heterocycles. The summed E-state index contributed by atoms with van der Waals surface area (Å²) in [5, 5.41) is 10.3. The first-order valence-corrected chi connectivity index (χ1v) is 9.67. The fourth-order valence-corrected chi connectivity index (χ4v) is 3.76.